The molecule has 150 valence electrons. The van der Waals surface area contributed by atoms with E-state index in [2.05, 4.69) is 19.2 Å². The minimum atomic E-state index is -3.67. The van der Waals surface area contributed by atoms with Crippen molar-refractivity contribution in [1.29, 1.82) is 0 Å². The van der Waals surface area contributed by atoms with Gasteiger partial charge in [-0.25, -0.2) is 0 Å². The van der Waals surface area contributed by atoms with Gasteiger partial charge < -0.3 is 14.8 Å². The van der Waals surface area contributed by atoms with Crippen LogP contribution in [-0.2, 0) is 0 Å². The van der Waals surface area contributed by atoms with Gasteiger partial charge in [-0.2, -0.15) is 4.37 Å². The van der Waals surface area contributed by atoms with Crippen molar-refractivity contribution in [1.82, 2.24) is 4.37 Å². The first-order chi connectivity index (χ1) is 13.6. The smallest absolute Gasteiger partial charge is 0.395 e. The summed E-state index contributed by atoms with van der Waals surface area (Å²) in [5, 5.41) is 2.85. The number of aryl methyl sites for hydroxylation is 2. The Labute approximate surface area is 178 Å². The van der Waals surface area contributed by atoms with Crippen LogP contribution in [-0.4, -0.2) is 16.6 Å². The van der Waals surface area contributed by atoms with E-state index in [1.165, 1.54) is 12.1 Å². The summed E-state index contributed by atoms with van der Waals surface area (Å²) in [6, 6.07) is 8.32. The number of hydrogen-bond acceptors (Lipinski definition) is 5. The van der Waals surface area contributed by atoms with Crippen LogP contribution in [0.5, 0.6) is 11.5 Å². The molecule has 3 aromatic rings. The SMILES string of the molecule is Cc1cc(-c2cc3c(cc2C)OC(F)(F)O3)ccc1NC(=O)c1nsc(Cl)c1Cl. The highest BCUT2D eigenvalue weighted by Gasteiger charge is 2.43. The number of nitrogens with zero attached hydrogens (tertiary/aromatic N) is 1. The van der Waals surface area contributed by atoms with E-state index in [1.54, 1.807) is 19.1 Å². The zero-order chi connectivity index (χ0) is 20.9. The van der Waals surface area contributed by atoms with E-state index in [-0.39, 0.29) is 26.6 Å². The third kappa shape index (κ3) is 3.75. The molecule has 1 aliphatic rings. The Morgan fingerprint density at radius 1 is 1.10 bits per heavy atom. The number of nitrogens with one attached hydrogen (secondary N) is 1. The fraction of sp³-hybridized carbons (Fsp3) is 0.158. The number of carbonyl (C=O) groups excluding carboxylic acids is 1. The van der Waals surface area contributed by atoms with Gasteiger partial charge in [0, 0.05) is 5.69 Å². The maximum atomic E-state index is 13.3. The molecule has 0 bridgehead atoms. The third-order valence-electron chi connectivity index (χ3n) is 4.35. The number of rotatable bonds is 3. The first-order valence-electron chi connectivity index (χ1n) is 8.28. The van der Waals surface area contributed by atoms with E-state index in [0.717, 1.165) is 28.2 Å². The van der Waals surface area contributed by atoms with E-state index in [0.29, 0.717) is 11.3 Å². The van der Waals surface area contributed by atoms with E-state index in [9.17, 15) is 13.6 Å². The van der Waals surface area contributed by atoms with Gasteiger partial charge >= 0.3 is 6.29 Å². The number of alkyl halides is 2. The summed E-state index contributed by atoms with van der Waals surface area (Å²) < 4.78 is 39.8. The quantitative estimate of drug-likeness (QED) is 0.501. The molecule has 0 unspecified atom stereocenters. The van der Waals surface area contributed by atoms with Gasteiger partial charge in [0.15, 0.2) is 17.2 Å². The van der Waals surface area contributed by atoms with Crippen molar-refractivity contribution in [2.75, 3.05) is 5.32 Å². The Morgan fingerprint density at radius 2 is 1.79 bits per heavy atom. The Hall–Kier alpha value is -2.42. The van der Waals surface area contributed by atoms with Gasteiger partial charge in [0.2, 0.25) is 0 Å². The molecule has 2 aromatic carbocycles. The number of halogens is 4. The van der Waals surface area contributed by atoms with E-state index in [1.807, 2.05) is 13.0 Å². The highest BCUT2D eigenvalue weighted by Crippen LogP contribution is 2.44. The van der Waals surface area contributed by atoms with Crippen LogP contribution in [0, 0.1) is 13.8 Å². The van der Waals surface area contributed by atoms with Gasteiger partial charge in [-0.15, -0.1) is 8.78 Å². The zero-order valence-electron chi connectivity index (χ0n) is 15.0. The van der Waals surface area contributed by atoms with Crippen LogP contribution in [0.2, 0.25) is 9.36 Å². The van der Waals surface area contributed by atoms with Gasteiger partial charge in [0.1, 0.15) is 9.36 Å². The molecule has 1 aliphatic heterocycles. The van der Waals surface area contributed by atoms with Gasteiger partial charge in [-0.1, -0.05) is 29.3 Å². The molecule has 0 aliphatic carbocycles. The van der Waals surface area contributed by atoms with Crippen LogP contribution in [0.15, 0.2) is 30.3 Å². The molecule has 4 rings (SSSR count). The molecule has 1 N–H and O–H groups in total. The predicted octanol–water partition coefficient (Wildman–Crippen LogP) is 6.31. The van der Waals surface area contributed by atoms with Crippen LogP contribution >= 0.6 is 34.7 Å². The van der Waals surface area contributed by atoms with Crippen LogP contribution in [0.4, 0.5) is 14.5 Å². The lowest BCUT2D eigenvalue weighted by molar-refractivity contribution is -0.286. The average Bonchev–Trinajstić information content (AvgIpc) is 3.13. The van der Waals surface area contributed by atoms with Gasteiger partial charge in [0.25, 0.3) is 5.91 Å². The normalized spacial score (nSPS) is 14.1. The summed E-state index contributed by atoms with van der Waals surface area (Å²) in [5.41, 5.74) is 3.59. The molecule has 1 amide bonds. The van der Waals surface area contributed by atoms with Crippen LogP contribution in [0.3, 0.4) is 0 Å². The first-order valence-corrected chi connectivity index (χ1v) is 9.81. The van der Waals surface area contributed by atoms with Crippen molar-refractivity contribution in [2.24, 2.45) is 0 Å². The minimum absolute atomic E-state index is 0.00402. The highest BCUT2D eigenvalue weighted by atomic mass is 35.5. The molecule has 29 heavy (non-hydrogen) atoms. The van der Waals surface area contributed by atoms with Crippen LogP contribution < -0.4 is 14.8 Å². The van der Waals surface area contributed by atoms with Crippen molar-refractivity contribution in [3.63, 3.8) is 0 Å². The standard InChI is InChI=1S/C19H12Cl2F2N2O3S/c1-8-6-13-14(28-19(22,23)27-13)7-11(8)10-3-4-12(9(2)5-10)24-18(26)16-15(20)17(21)29-25-16/h3-7H,1-2H3,(H,24,26). The topological polar surface area (TPSA) is 60.5 Å². The molecule has 1 aromatic heterocycles. The number of anilines is 1. The lowest BCUT2D eigenvalue weighted by atomic mass is 9.97. The van der Waals surface area contributed by atoms with Gasteiger partial charge in [-0.05, 0) is 71.9 Å². The molecule has 0 saturated heterocycles. The number of fused-ring (bicyclic) bond motifs is 1. The van der Waals surface area contributed by atoms with Crippen LogP contribution in [0.1, 0.15) is 21.6 Å². The molecule has 0 radical (unpaired) electrons. The Bertz CT molecular complexity index is 1150. The molecule has 0 atom stereocenters. The minimum Gasteiger partial charge on any atom is -0.395 e. The molecule has 10 heteroatoms. The van der Waals surface area contributed by atoms with Crippen molar-refractivity contribution >= 4 is 46.3 Å². The van der Waals surface area contributed by atoms with Gasteiger partial charge in [0.05, 0.1) is 0 Å². The zero-order valence-corrected chi connectivity index (χ0v) is 17.3. The molecule has 0 saturated carbocycles. The Morgan fingerprint density at radius 3 is 2.41 bits per heavy atom. The molecule has 2 heterocycles. The lowest BCUT2D eigenvalue weighted by Crippen LogP contribution is -2.25. The molecule has 5 nitrogen and oxygen atoms in total. The second-order valence-corrected chi connectivity index (χ2v) is 8.14. The maximum absolute atomic E-state index is 13.3. The summed E-state index contributed by atoms with van der Waals surface area (Å²) in [6.45, 7) is 3.60. The number of hydrogen-bond donors (Lipinski definition) is 1. The van der Waals surface area contributed by atoms with E-state index >= 15 is 0 Å². The van der Waals surface area contributed by atoms with E-state index < -0.39 is 12.2 Å². The number of aromatic nitrogens is 1. The van der Waals surface area contributed by atoms with Crippen molar-refractivity contribution in [3.05, 3.63) is 56.5 Å². The van der Waals surface area contributed by atoms with Crippen molar-refractivity contribution < 1.29 is 23.0 Å². The third-order valence-corrected chi connectivity index (χ3v) is 5.96. The summed E-state index contributed by atoms with van der Waals surface area (Å²) in [4.78, 5) is 12.4. The molecule has 0 fully saturated rings. The second kappa shape index (κ2) is 7.12. The number of carbonyl (C=O) groups is 1. The lowest BCUT2D eigenvalue weighted by Gasteiger charge is -2.12. The highest BCUT2D eigenvalue weighted by molar-refractivity contribution is 7.11. The number of amides is 1. The van der Waals surface area contributed by atoms with Crippen LogP contribution in [0.25, 0.3) is 11.1 Å². The Balaban J connectivity index is 1.62. The summed E-state index contributed by atoms with van der Waals surface area (Å²) in [6.07, 6.45) is -3.67. The Kier molecular flexibility index (Phi) is 4.88. The fourth-order valence-corrected chi connectivity index (χ4v) is 3.96. The number of benzene rings is 2. The monoisotopic (exact) mass is 456 g/mol. The van der Waals surface area contributed by atoms with Crippen molar-refractivity contribution in [2.45, 2.75) is 20.1 Å². The largest absolute Gasteiger partial charge is 0.586 e. The average molecular weight is 457 g/mol. The molecular formula is C19H12Cl2F2N2O3S. The number of ether oxygens (including phenoxy) is 2. The summed E-state index contributed by atoms with van der Waals surface area (Å²) in [5.74, 6) is -0.508. The van der Waals surface area contributed by atoms with E-state index in [4.69, 9.17) is 23.2 Å². The maximum Gasteiger partial charge on any atom is 0.586 e. The van der Waals surface area contributed by atoms with Crippen molar-refractivity contribution in [3.8, 4) is 22.6 Å². The second-order valence-electron chi connectivity index (χ2n) is 6.38. The fourth-order valence-electron chi connectivity index (χ4n) is 2.96. The summed E-state index contributed by atoms with van der Waals surface area (Å²) >= 11 is 12.8. The summed E-state index contributed by atoms with van der Waals surface area (Å²) in [7, 11) is 0. The first kappa shape index (κ1) is 19.9. The predicted molar refractivity (Wildman–Crippen MR) is 108 cm³/mol. The van der Waals surface area contributed by atoms with Gasteiger partial charge in [-0.3, -0.25) is 4.79 Å². The molecular weight excluding hydrogens is 445 g/mol. The molecule has 0 spiro atoms.